The van der Waals surface area contributed by atoms with Crippen LogP contribution in [0, 0.1) is 5.82 Å². The lowest BCUT2D eigenvalue weighted by atomic mass is 9.87. The smallest absolute Gasteiger partial charge is 0.353 e. The topological polar surface area (TPSA) is 166 Å². The number of rotatable bonds is 10. The minimum Gasteiger partial charge on any atom is -0.467 e. The Balaban J connectivity index is 0.952. The van der Waals surface area contributed by atoms with Crippen LogP contribution in [0.25, 0.3) is 38.8 Å². The fraction of sp³-hybridized carbons (Fsp3) is 0.306. The molecule has 0 bridgehead atoms. The Hall–Kier alpha value is -7.69. The Kier molecular flexibility index (Phi) is 10.9. The average Bonchev–Trinajstić information content (AvgIpc) is 3.98. The summed E-state index contributed by atoms with van der Waals surface area (Å²) >= 11 is 0. The second-order valence-electron chi connectivity index (χ2n) is 17.0. The van der Waals surface area contributed by atoms with E-state index in [2.05, 4.69) is 32.4 Å². The number of imide groups is 1. The lowest BCUT2D eigenvalue weighted by Gasteiger charge is -2.34. The fourth-order valence-electron chi connectivity index (χ4n) is 9.89. The largest absolute Gasteiger partial charge is 0.467 e. The van der Waals surface area contributed by atoms with Crippen LogP contribution in [0.15, 0.2) is 96.2 Å². The van der Waals surface area contributed by atoms with Gasteiger partial charge in [-0.1, -0.05) is 31.2 Å². The number of pyridine rings is 2. The number of aromatic nitrogens is 7. The molecule has 0 saturated carbocycles. The number of carbonyl (C=O) groups is 3. The first-order valence-corrected chi connectivity index (χ1v) is 22.2. The van der Waals surface area contributed by atoms with Gasteiger partial charge in [0.25, 0.3) is 0 Å². The van der Waals surface area contributed by atoms with E-state index in [1.807, 2.05) is 62.5 Å². The van der Waals surface area contributed by atoms with Crippen molar-refractivity contribution in [3.63, 3.8) is 0 Å². The van der Waals surface area contributed by atoms with E-state index in [1.165, 1.54) is 16.4 Å². The summed E-state index contributed by atoms with van der Waals surface area (Å²) < 4.78 is 26.6. The predicted molar refractivity (Wildman–Crippen MR) is 248 cm³/mol. The standard InChI is InChI=1S/C49H48FN11O5/c1-5-34-36(16-20-52-45(34)60-24-23-59(49(60)65)33-7-6-19-51-28-33)35-12-10-32(61-47(66-4)55-57(3)48(61)64)27-39(35)31-9-14-41(40(50)25-31)58-21-17-29(18-22-58)30-8-11-37-42(26-30)56(2)54-44(37)38-13-15-43(62)53-46(38)63/h6-12,14,16,19-20,25-29,38H,5,13,15,17-18,21-24H2,1-4H3,(H,53,62,63). The van der Waals surface area contributed by atoms with Gasteiger partial charge in [0.05, 0.1) is 47.5 Å². The molecule has 7 heterocycles. The minimum absolute atomic E-state index is 0.106. The van der Waals surface area contributed by atoms with Crippen molar-refractivity contribution in [1.29, 1.82) is 0 Å². The van der Waals surface area contributed by atoms with Crippen molar-refractivity contribution in [1.82, 2.24) is 39.4 Å². The Labute approximate surface area is 379 Å². The van der Waals surface area contributed by atoms with Gasteiger partial charge in [-0.05, 0) is 108 Å². The lowest BCUT2D eigenvalue weighted by molar-refractivity contribution is -0.134. The molecule has 3 aliphatic heterocycles. The summed E-state index contributed by atoms with van der Waals surface area (Å²) in [4.78, 5) is 66.2. The molecule has 3 saturated heterocycles. The highest BCUT2D eigenvalue weighted by atomic mass is 19.1. The van der Waals surface area contributed by atoms with Crippen LogP contribution in [0.4, 0.5) is 26.4 Å². The first-order chi connectivity index (χ1) is 32.0. The van der Waals surface area contributed by atoms with Crippen LogP contribution in [-0.2, 0) is 30.1 Å². The van der Waals surface area contributed by atoms with E-state index >= 15 is 4.39 Å². The molecule has 3 fully saturated rings. The highest BCUT2D eigenvalue weighted by molar-refractivity contribution is 6.06. The number of hydrogen-bond donors (Lipinski definition) is 1. The number of nitrogens with zero attached hydrogens (tertiary/aromatic N) is 10. The molecule has 16 nitrogen and oxygen atoms in total. The number of hydrogen-bond acceptors (Lipinski definition) is 10. The number of anilines is 3. The highest BCUT2D eigenvalue weighted by Gasteiger charge is 2.35. The maximum absolute atomic E-state index is 16.7. The lowest BCUT2D eigenvalue weighted by Crippen LogP contribution is -2.39. The molecule has 4 aromatic heterocycles. The van der Waals surface area contributed by atoms with Crippen LogP contribution < -0.4 is 30.4 Å². The van der Waals surface area contributed by atoms with Gasteiger partial charge in [-0.3, -0.25) is 34.4 Å². The first-order valence-electron chi connectivity index (χ1n) is 22.2. The quantitative estimate of drug-likeness (QED) is 0.147. The van der Waals surface area contributed by atoms with E-state index in [0.29, 0.717) is 78.7 Å². The molecular formula is C49H48FN11O5. The number of benzene rings is 3. The maximum atomic E-state index is 16.7. The van der Waals surface area contributed by atoms with Crippen LogP contribution in [-0.4, -0.2) is 85.2 Å². The monoisotopic (exact) mass is 889 g/mol. The number of piperidine rings is 2. The SMILES string of the molecule is CCc1c(-c2ccc(-n3c(OC)nn(C)c3=O)cc2-c2ccc(N3CCC(c4ccc5c(C6CCC(=O)NC6=O)nn(C)c5c4)CC3)c(F)c2)ccnc1N1CCN(c2cccnc2)C1=O. The number of methoxy groups -OCH3 is 1. The number of fused-ring (bicyclic) bond motifs is 1. The van der Waals surface area contributed by atoms with E-state index in [-0.39, 0.29) is 42.0 Å². The summed E-state index contributed by atoms with van der Waals surface area (Å²) in [6.45, 7) is 4.21. The fourth-order valence-corrected chi connectivity index (χ4v) is 9.89. The van der Waals surface area contributed by atoms with Crippen LogP contribution in [0.1, 0.15) is 61.3 Å². The Bertz CT molecular complexity index is 3120. The first kappa shape index (κ1) is 42.3. The summed E-state index contributed by atoms with van der Waals surface area (Å²) in [5.41, 5.74) is 7.78. The third-order valence-corrected chi connectivity index (χ3v) is 13.3. The summed E-state index contributed by atoms with van der Waals surface area (Å²) in [6.07, 6.45) is 7.92. The number of urea groups is 1. The molecule has 1 unspecified atom stereocenters. The van der Waals surface area contributed by atoms with Crippen molar-refractivity contribution in [2.24, 2.45) is 14.1 Å². The number of carbonyl (C=O) groups excluding carboxylic acids is 3. The molecule has 1 N–H and O–H groups in total. The van der Waals surface area contributed by atoms with Gasteiger partial charge in [0.1, 0.15) is 11.6 Å². The molecule has 0 aliphatic carbocycles. The van der Waals surface area contributed by atoms with E-state index in [0.717, 1.165) is 46.0 Å². The Morgan fingerprint density at radius 2 is 1.62 bits per heavy atom. The number of aryl methyl sites for hydroxylation is 2. The summed E-state index contributed by atoms with van der Waals surface area (Å²) in [7, 11) is 4.87. The predicted octanol–water partition coefficient (Wildman–Crippen LogP) is 6.64. The van der Waals surface area contributed by atoms with Crippen molar-refractivity contribution >= 4 is 45.9 Å². The molecule has 0 radical (unpaired) electrons. The summed E-state index contributed by atoms with van der Waals surface area (Å²) in [6, 6.07) is 22.6. The van der Waals surface area contributed by atoms with Crippen LogP contribution in [0.5, 0.6) is 6.01 Å². The second-order valence-corrected chi connectivity index (χ2v) is 17.0. The van der Waals surface area contributed by atoms with Gasteiger partial charge >= 0.3 is 17.7 Å². The van der Waals surface area contributed by atoms with Crippen LogP contribution in [0.2, 0.25) is 0 Å². The molecule has 66 heavy (non-hydrogen) atoms. The molecule has 17 heteroatoms. The van der Waals surface area contributed by atoms with Gasteiger partial charge in [-0.25, -0.2) is 28.2 Å². The molecule has 7 aromatic rings. The zero-order valence-electron chi connectivity index (χ0n) is 37.1. The van der Waals surface area contributed by atoms with Gasteiger partial charge in [0.15, 0.2) is 0 Å². The number of ether oxygens (including phenoxy) is 1. The number of amides is 4. The minimum atomic E-state index is -0.471. The van der Waals surface area contributed by atoms with Crippen LogP contribution >= 0.6 is 0 Å². The van der Waals surface area contributed by atoms with Crippen molar-refractivity contribution < 1.29 is 23.5 Å². The van der Waals surface area contributed by atoms with E-state index in [9.17, 15) is 19.2 Å². The van der Waals surface area contributed by atoms with Crippen molar-refractivity contribution in [3.05, 3.63) is 125 Å². The zero-order valence-corrected chi connectivity index (χ0v) is 37.1. The van der Waals surface area contributed by atoms with Crippen LogP contribution in [0.3, 0.4) is 0 Å². The normalized spacial score (nSPS) is 17.0. The zero-order chi connectivity index (χ0) is 45.8. The molecule has 336 valence electrons. The summed E-state index contributed by atoms with van der Waals surface area (Å²) in [5.74, 6) is -0.614. The van der Waals surface area contributed by atoms with Gasteiger partial charge in [0.2, 0.25) is 11.8 Å². The van der Waals surface area contributed by atoms with Gasteiger partial charge in [-0.15, -0.1) is 5.10 Å². The molecular weight excluding hydrogens is 842 g/mol. The van der Waals surface area contributed by atoms with E-state index < -0.39 is 11.6 Å². The molecule has 1 atom stereocenters. The highest BCUT2D eigenvalue weighted by Crippen LogP contribution is 2.41. The molecule has 4 amide bonds. The van der Waals surface area contributed by atoms with Gasteiger partial charge in [0, 0.05) is 70.0 Å². The molecule has 10 rings (SSSR count). The van der Waals surface area contributed by atoms with E-state index in [4.69, 9.17) is 14.8 Å². The second kappa shape index (κ2) is 17.0. The van der Waals surface area contributed by atoms with Gasteiger partial charge in [-0.2, -0.15) is 5.10 Å². The Morgan fingerprint density at radius 1 is 0.803 bits per heavy atom. The van der Waals surface area contributed by atoms with Crippen molar-refractivity contribution in [3.8, 4) is 34.0 Å². The molecule has 3 aliphatic rings. The van der Waals surface area contributed by atoms with Crippen molar-refractivity contribution in [2.45, 2.75) is 50.9 Å². The third-order valence-electron chi connectivity index (χ3n) is 13.3. The third kappa shape index (κ3) is 7.33. The number of nitrogens with one attached hydrogen (secondary N) is 1. The van der Waals surface area contributed by atoms with E-state index in [1.54, 1.807) is 52.3 Å². The molecule has 3 aromatic carbocycles. The summed E-state index contributed by atoms with van der Waals surface area (Å²) in [5, 5.41) is 12.3. The average molecular weight is 890 g/mol. The van der Waals surface area contributed by atoms with Gasteiger partial charge < -0.3 is 9.64 Å². The molecule has 0 spiro atoms. The Morgan fingerprint density at radius 3 is 2.36 bits per heavy atom. The number of halogens is 1. The van der Waals surface area contributed by atoms with Crippen molar-refractivity contribution in [2.75, 3.05) is 48.0 Å². The maximum Gasteiger partial charge on any atom is 0.353 e.